The molecule has 1 aromatic heterocycles. The molecule has 2 rings (SSSR count). The predicted molar refractivity (Wildman–Crippen MR) is 75.9 cm³/mol. The second-order valence-corrected chi connectivity index (χ2v) is 7.59. The average Bonchev–Trinajstić information content (AvgIpc) is 2.74. The van der Waals surface area contributed by atoms with E-state index in [0.29, 0.717) is 23.8 Å². The second-order valence-electron chi connectivity index (χ2n) is 7.59. The minimum absolute atomic E-state index is 0.0729. The van der Waals surface area contributed by atoms with Gasteiger partial charge in [0.25, 0.3) is 0 Å². The highest BCUT2D eigenvalue weighted by Gasteiger charge is 2.30. The Morgan fingerprint density at radius 2 is 1.89 bits per heavy atom. The van der Waals surface area contributed by atoms with Gasteiger partial charge in [0.1, 0.15) is 0 Å². The molecule has 1 aromatic rings. The SMILES string of the molecule is CC1(C)CCC(c2noc(CNC(C)(C)C)n2)CC1. The normalized spacial score (nSPS) is 20.7. The third-order valence-electron chi connectivity index (χ3n) is 3.96. The molecule has 1 aliphatic rings. The molecule has 0 radical (unpaired) electrons. The number of nitrogens with one attached hydrogen (secondary N) is 1. The summed E-state index contributed by atoms with van der Waals surface area (Å²) in [6.07, 6.45) is 4.86. The lowest BCUT2D eigenvalue weighted by molar-refractivity contribution is 0.218. The van der Waals surface area contributed by atoms with E-state index in [0.717, 1.165) is 5.82 Å². The maximum absolute atomic E-state index is 5.34. The van der Waals surface area contributed by atoms with Gasteiger partial charge in [-0.2, -0.15) is 4.98 Å². The lowest BCUT2D eigenvalue weighted by atomic mass is 9.73. The van der Waals surface area contributed by atoms with Gasteiger partial charge in [-0.1, -0.05) is 19.0 Å². The molecule has 1 saturated carbocycles. The summed E-state index contributed by atoms with van der Waals surface area (Å²) in [7, 11) is 0. The quantitative estimate of drug-likeness (QED) is 0.906. The zero-order valence-electron chi connectivity index (χ0n) is 12.9. The summed E-state index contributed by atoms with van der Waals surface area (Å²) in [6.45, 7) is 11.7. The first-order valence-corrected chi connectivity index (χ1v) is 7.33. The van der Waals surface area contributed by atoms with Crippen molar-refractivity contribution in [2.75, 3.05) is 0 Å². The van der Waals surface area contributed by atoms with Crippen LogP contribution in [0.2, 0.25) is 0 Å². The van der Waals surface area contributed by atoms with Crippen molar-refractivity contribution in [3.8, 4) is 0 Å². The van der Waals surface area contributed by atoms with Crippen molar-refractivity contribution in [1.82, 2.24) is 15.5 Å². The first kappa shape index (κ1) is 14.5. The van der Waals surface area contributed by atoms with Gasteiger partial charge in [-0.15, -0.1) is 0 Å². The topological polar surface area (TPSA) is 51.0 Å². The van der Waals surface area contributed by atoms with E-state index >= 15 is 0 Å². The molecule has 108 valence electrons. The van der Waals surface area contributed by atoms with E-state index in [1.807, 2.05) is 0 Å². The molecule has 19 heavy (non-hydrogen) atoms. The van der Waals surface area contributed by atoms with Gasteiger partial charge >= 0.3 is 0 Å². The van der Waals surface area contributed by atoms with Gasteiger partial charge in [-0.3, -0.25) is 0 Å². The molecule has 0 aromatic carbocycles. The van der Waals surface area contributed by atoms with Crippen molar-refractivity contribution >= 4 is 0 Å². The van der Waals surface area contributed by atoms with E-state index in [2.05, 4.69) is 50.1 Å². The van der Waals surface area contributed by atoms with Gasteiger partial charge in [-0.25, -0.2) is 0 Å². The summed E-state index contributed by atoms with van der Waals surface area (Å²) < 4.78 is 5.34. The highest BCUT2D eigenvalue weighted by Crippen LogP contribution is 2.41. The van der Waals surface area contributed by atoms with Gasteiger partial charge in [0, 0.05) is 11.5 Å². The van der Waals surface area contributed by atoms with Crippen molar-refractivity contribution < 1.29 is 4.52 Å². The van der Waals surface area contributed by atoms with E-state index < -0.39 is 0 Å². The Morgan fingerprint density at radius 3 is 2.47 bits per heavy atom. The summed E-state index contributed by atoms with van der Waals surface area (Å²) in [5.41, 5.74) is 0.556. The van der Waals surface area contributed by atoms with Crippen LogP contribution in [-0.4, -0.2) is 15.7 Å². The lowest BCUT2D eigenvalue weighted by Crippen LogP contribution is -2.35. The van der Waals surface area contributed by atoms with Crippen molar-refractivity contribution in [2.24, 2.45) is 5.41 Å². The highest BCUT2D eigenvalue weighted by atomic mass is 16.5. The third kappa shape index (κ3) is 4.30. The Balaban J connectivity index is 1.91. The molecule has 0 spiro atoms. The Kier molecular flexibility index (Phi) is 4.00. The molecule has 0 atom stereocenters. The molecular formula is C15H27N3O. The van der Waals surface area contributed by atoms with E-state index in [9.17, 15) is 0 Å². The maximum Gasteiger partial charge on any atom is 0.240 e. The van der Waals surface area contributed by atoms with Gasteiger partial charge in [0.05, 0.1) is 6.54 Å². The van der Waals surface area contributed by atoms with Crippen LogP contribution in [-0.2, 0) is 6.54 Å². The average molecular weight is 265 g/mol. The minimum atomic E-state index is 0.0729. The van der Waals surface area contributed by atoms with E-state index in [-0.39, 0.29) is 5.54 Å². The Bertz CT molecular complexity index is 407. The first-order valence-electron chi connectivity index (χ1n) is 7.33. The van der Waals surface area contributed by atoms with Crippen LogP contribution in [0.15, 0.2) is 4.52 Å². The molecule has 0 amide bonds. The number of hydrogen-bond acceptors (Lipinski definition) is 4. The van der Waals surface area contributed by atoms with Crippen molar-refractivity contribution in [2.45, 2.75) is 78.3 Å². The Hall–Kier alpha value is -0.900. The van der Waals surface area contributed by atoms with Crippen LogP contribution in [0.1, 0.15) is 77.9 Å². The van der Waals surface area contributed by atoms with Crippen molar-refractivity contribution in [1.29, 1.82) is 0 Å². The fourth-order valence-electron chi connectivity index (χ4n) is 2.50. The van der Waals surface area contributed by atoms with Gasteiger partial charge in [-0.05, 0) is 51.9 Å². The van der Waals surface area contributed by atoms with Crippen LogP contribution in [0.25, 0.3) is 0 Å². The van der Waals surface area contributed by atoms with Crippen molar-refractivity contribution in [3.05, 3.63) is 11.7 Å². The van der Waals surface area contributed by atoms with E-state index in [4.69, 9.17) is 4.52 Å². The zero-order valence-corrected chi connectivity index (χ0v) is 12.9. The van der Waals surface area contributed by atoms with Crippen LogP contribution in [0.4, 0.5) is 0 Å². The van der Waals surface area contributed by atoms with E-state index in [1.165, 1.54) is 25.7 Å². The Morgan fingerprint density at radius 1 is 1.26 bits per heavy atom. The van der Waals surface area contributed by atoms with Crippen LogP contribution in [0.3, 0.4) is 0 Å². The van der Waals surface area contributed by atoms with Gasteiger partial charge in [0.15, 0.2) is 5.82 Å². The molecule has 0 aliphatic heterocycles. The fourth-order valence-corrected chi connectivity index (χ4v) is 2.50. The lowest BCUT2D eigenvalue weighted by Gasteiger charge is -2.32. The molecule has 0 bridgehead atoms. The molecule has 0 unspecified atom stereocenters. The van der Waals surface area contributed by atoms with Crippen LogP contribution in [0, 0.1) is 5.41 Å². The molecule has 1 N–H and O–H groups in total. The Labute approximate surface area is 116 Å². The standard InChI is InChI=1S/C15H27N3O/c1-14(2,3)16-10-12-17-13(18-19-12)11-6-8-15(4,5)9-7-11/h11,16H,6-10H2,1-5H3. The third-order valence-corrected chi connectivity index (χ3v) is 3.96. The van der Waals surface area contributed by atoms with Crippen LogP contribution in [0.5, 0.6) is 0 Å². The fraction of sp³-hybridized carbons (Fsp3) is 0.867. The van der Waals surface area contributed by atoms with Crippen molar-refractivity contribution in [3.63, 3.8) is 0 Å². The van der Waals surface area contributed by atoms with Crippen LogP contribution < -0.4 is 5.32 Å². The summed E-state index contributed by atoms with van der Waals surface area (Å²) in [5, 5.41) is 7.53. The van der Waals surface area contributed by atoms with Crippen LogP contribution >= 0.6 is 0 Å². The largest absolute Gasteiger partial charge is 0.338 e. The molecule has 4 nitrogen and oxygen atoms in total. The number of rotatable bonds is 3. The second kappa shape index (κ2) is 5.23. The smallest absolute Gasteiger partial charge is 0.240 e. The molecule has 1 fully saturated rings. The van der Waals surface area contributed by atoms with Gasteiger partial charge < -0.3 is 9.84 Å². The number of aromatic nitrogens is 2. The monoisotopic (exact) mass is 265 g/mol. The predicted octanol–water partition coefficient (Wildman–Crippen LogP) is 3.64. The minimum Gasteiger partial charge on any atom is -0.338 e. The zero-order chi connectivity index (χ0) is 14.1. The number of hydrogen-bond donors (Lipinski definition) is 1. The van der Waals surface area contributed by atoms with Gasteiger partial charge in [0.2, 0.25) is 5.89 Å². The molecular weight excluding hydrogens is 238 g/mol. The highest BCUT2D eigenvalue weighted by molar-refractivity contribution is 4.99. The van der Waals surface area contributed by atoms with E-state index in [1.54, 1.807) is 0 Å². The summed E-state index contributed by atoms with van der Waals surface area (Å²) in [5.74, 6) is 2.09. The summed E-state index contributed by atoms with van der Waals surface area (Å²) in [4.78, 5) is 4.54. The summed E-state index contributed by atoms with van der Waals surface area (Å²) in [6, 6.07) is 0. The first-order chi connectivity index (χ1) is 8.75. The maximum atomic E-state index is 5.34. The number of nitrogens with zero attached hydrogens (tertiary/aromatic N) is 2. The molecule has 0 saturated heterocycles. The summed E-state index contributed by atoms with van der Waals surface area (Å²) >= 11 is 0. The molecule has 4 heteroatoms. The molecule has 1 heterocycles. The molecule has 1 aliphatic carbocycles.